The second-order valence-corrected chi connectivity index (χ2v) is 5.32. The molecule has 0 fully saturated rings. The molecule has 0 aromatic heterocycles. The summed E-state index contributed by atoms with van der Waals surface area (Å²) in [5, 5.41) is 20.9. The molecule has 25 heavy (non-hydrogen) atoms. The van der Waals surface area contributed by atoms with Crippen molar-refractivity contribution in [2.45, 2.75) is 0 Å². The number of nitrogens with zero attached hydrogens (tertiary/aromatic N) is 1. The molecule has 0 radical (unpaired) electrons. The first-order valence-electron chi connectivity index (χ1n) is 7.11. The largest absolute Gasteiger partial charge is 0.482 e. The Kier molecular flexibility index (Phi) is 6.15. The Morgan fingerprint density at radius 1 is 1.16 bits per heavy atom. The van der Waals surface area contributed by atoms with Gasteiger partial charge in [-0.2, -0.15) is 5.26 Å². The zero-order chi connectivity index (χ0) is 18.2. The highest BCUT2D eigenvalue weighted by molar-refractivity contribution is 6.30. The topological polar surface area (TPSA) is 99.4 Å². The van der Waals surface area contributed by atoms with E-state index in [1.54, 1.807) is 48.5 Å². The number of rotatable bonds is 6. The number of carbonyl (C=O) groups is 2. The Morgan fingerprint density at radius 3 is 2.36 bits per heavy atom. The van der Waals surface area contributed by atoms with Gasteiger partial charge in [-0.05, 0) is 48.0 Å². The number of halogens is 1. The molecule has 1 amide bonds. The molecule has 2 rings (SSSR count). The average molecular weight is 357 g/mol. The first-order chi connectivity index (χ1) is 12.0. The van der Waals surface area contributed by atoms with Crippen LogP contribution in [0.2, 0.25) is 5.02 Å². The van der Waals surface area contributed by atoms with Crippen LogP contribution in [0.15, 0.2) is 54.1 Å². The SMILES string of the molecule is N#CC(=Cc1ccc(OCC(=O)O)cc1)C(=O)Nc1ccc(Cl)cc1. The summed E-state index contributed by atoms with van der Waals surface area (Å²) in [6.07, 6.45) is 1.42. The van der Waals surface area contributed by atoms with E-state index in [0.717, 1.165) is 0 Å². The lowest BCUT2D eigenvalue weighted by Gasteiger charge is -2.05. The highest BCUT2D eigenvalue weighted by atomic mass is 35.5. The fraction of sp³-hybridized carbons (Fsp3) is 0.0556. The van der Waals surface area contributed by atoms with Crippen molar-refractivity contribution in [3.05, 3.63) is 64.7 Å². The summed E-state index contributed by atoms with van der Waals surface area (Å²) in [5.41, 5.74) is 1.05. The maximum atomic E-state index is 12.2. The van der Waals surface area contributed by atoms with Crippen LogP contribution < -0.4 is 10.1 Å². The van der Waals surface area contributed by atoms with Gasteiger partial charge >= 0.3 is 5.97 Å². The molecule has 0 spiro atoms. The van der Waals surface area contributed by atoms with Gasteiger partial charge in [0.25, 0.3) is 5.91 Å². The van der Waals surface area contributed by atoms with Crippen molar-refractivity contribution in [2.75, 3.05) is 11.9 Å². The van der Waals surface area contributed by atoms with Gasteiger partial charge in [-0.25, -0.2) is 4.79 Å². The van der Waals surface area contributed by atoms with Gasteiger partial charge in [0.1, 0.15) is 17.4 Å². The van der Waals surface area contributed by atoms with E-state index in [9.17, 15) is 14.9 Å². The van der Waals surface area contributed by atoms with Gasteiger partial charge in [0.05, 0.1) is 0 Å². The molecule has 0 aliphatic rings. The summed E-state index contributed by atoms with van der Waals surface area (Å²) in [6, 6.07) is 14.7. The van der Waals surface area contributed by atoms with Gasteiger partial charge in [-0.3, -0.25) is 4.79 Å². The molecular weight excluding hydrogens is 344 g/mol. The van der Waals surface area contributed by atoms with Crippen molar-refractivity contribution >= 4 is 35.2 Å². The highest BCUT2D eigenvalue weighted by Crippen LogP contribution is 2.17. The molecular formula is C18H13ClN2O4. The fourth-order valence-corrected chi connectivity index (χ4v) is 1.98. The standard InChI is InChI=1S/C18H13ClN2O4/c19-14-3-5-15(6-4-14)21-18(24)13(10-20)9-12-1-7-16(8-2-12)25-11-17(22)23/h1-9H,11H2,(H,21,24)(H,22,23). The maximum absolute atomic E-state index is 12.2. The fourth-order valence-electron chi connectivity index (χ4n) is 1.85. The Balaban J connectivity index is 2.08. The molecule has 6 nitrogen and oxygen atoms in total. The van der Waals surface area contributed by atoms with E-state index in [1.807, 2.05) is 6.07 Å². The first kappa shape index (κ1) is 18.0. The number of amides is 1. The number of nitriles is 1. The summed E-state index contributed by atoms with van der Waals surface area (Å²) >= 11 is 5.78. The van der Waals surface area contributed by atoms with Crippen LogP contribution in [0.3, 0.4) is 0 Å². The van der Waals surface area contributed by atoms with E-state index in [-0.39, 0.29) is 5.57 Å². The molecule has 2 aromatic rings. The zero-order valence-electron chi connectivity index (χ0n) is 12.9. The second-order valence-electron chi connectivity index (χ2n) is 4.88. The number of carbonyl (C=O) groups excluding carboxylic acids is 1. The number of carboxylic acid groups (broad SMARTS) is 1. The molecule has 0 unspecified atom stereocenters. The number of nitrogens with one attached hydrogen (secondary N) is 1. The summed E-state index contributed by atoms with van der Waals surface area (Å²) in [6.45, 7) is -0.442. The number of carboxylic acids is 1. The van der Waals surface area contributed by atoms with Crippen molar-refractivity contribution in [2.24, 2.45) is 0 Å². The van der Waals surface area contributed by atoms with Crippen LogP contribution in [0.4, 0.5) is 5.69 Å². The quantitative estimate of drug-likeness (QED) is 0.610. The Hall–Kier alpha value is -3.30. The average Bonchev–Trinajstić information content (AvgIpc) is 2.60. The van der Waals surface area contributed by atoms with E-state index in [2.05, 4.69) is 5.32 Å². The van der Waals surface area contributed by atoms with Gasteiger partial charge in [0.2, 0.25) is 0 Å². The number of benzene rings is 2. The number of ether oxygens (including phenoxy) is 1. The summed E-state index contributed by atoms with van der Waals surface area (Å²) in [5.74, 6) is -1.24. The summed E-state index contributed by atoms with van der Waals surface area (Å²) in [7, 11) is 0. The molecule has 0 saturated heterocycles. The predicted octanol–water partition coefficient (Wildman–Crippen LogP) is 3.35. The normalized spacial score (nSPS) is 10.6. The molecule has 2 aromatic carbocycles. The van der Waals surface area contributed by atoms with E-state index < -0.39 is 18.5 Å². The second kappa shape index (κ2) is 8.52. The maximum Gasteiger partial charge on any atom is 0.341 e. The van der Waals surface area contributed by atoms with E-state index >= 15 is 0 Å². The molecule has 7 heteroatoms. The third kappa shape index (κ3) is 5.68. The number of anilines is 1. The molecule has 2 N–H and O–H groups in total. The minimum atomic E-state index is -1.07. The summed E-state index contributed by atoms with van der Waals surface area (Å²) in [4.78, 5) is 22.6. The Morgan fingerprint density at radius 2 is 1.80 bits per heavy atom. The van der Waals surface area contributed by atoms with Gasteiger partial charge in [0, 0.05) is 10.7 Å². The van der Waals surface area contributed by atoms with Crippen molar-refractivity contribution in [1.82, 2.24) is 0 Å². The molecule has 0 saturated carbocycles. The molecule has 0 aliphatic carbocycles. The van der Waals surface area contributed by atoms with Crippen LogP contribution in [-0.4, -0.2) is 23.6 Å². The van der Waals surface area contributed by atoms with Crippen LogP contribution in [0.5, 0.6) is 5.75 Å². The van der Waals surface area contributed by atoms with Crippen molar-refractivity contribution in [3.63, 3.8) is 0 Å². The van der Waals surface area contributed by atoms with Crippen molar-refractivity contribution in [3.8, 4) is 11.8 Å². The van der Waals surface area contributed by atoms with Gasteiger partial charge in [0.15, 0.2) is 6.61 Å². The van der Waals surface area contributed by atoms with Crippen molar-refractivity contribution < 1.29 is 19.4 Å². The van der Waals surface area contributed by atoms with Gasteiger partial charge in [-0.1, -0.05) is 23.7 Å². The van der Waals surface area contributed by atoms with Crippen LogP contribution in [-0.2, 0) is 9.59 Å². The number of hydrogen-bond acceptors (Lipinski definition) is 4. The van der Waals surface area contributed by atoms with E-state index in [4.69, 9.17) is 21.4 Å². The lowest BCUT2D eigenvalue weighted by Crippen LogP contribution is -2.13. The summed E-state index contributed by atoms with van der Waals surface area (Å²) < 4.78 is 5.01. The number of hydrogen-bond donors (Lipinski definition) is 2. The van der Waals surface area contributed by atoms with Crippen LogP contribution >= 0.6 is 11.6 Å². The highest BCUT2D eigenvalue weighted by Gasteiger charge is 2.09. The molecule has 0 heterocycles. The minimum Gasteiger partial charge on any atom is -0.482 e. The molecule has 126 valence electrons. The lowest BCUT2D eigenvalue weighted by molar-refractivity contribution is -0.139. The van der Waals surface area contributed by atoms with Crippen LogP contribution in [0.25, 0.3) is 6.08 Å². The first-order valence-corrected chi connectivity index (χ1v) is 7.49. The molecule has 0 atom stereocenters. The van der Waals surface area contributed by atoms with Gasteiger partial charge in [-0.15, -0.1) is 0 Å². The molecule has 0 aliphatic heterocycles. The monoisotopic (exact) mass is 356 g/mol. The smallest absolute Gasteiger partial charge is 0.341 e. The third-order valence-electron chi connectivity index (χ3n) is 3.02. The van der Waals surface area contributed by atoms with Crippen molar-refractivity contribution in [1.29, 1.82) is 5.26 Å². The third-order valence-corrected chi connectivity index (χ3v) is 3.27. The minimum absolute atomic E-state index is 0.0749. The number of aliphatic carboxylic acids is 1. The Labute approximate surface area is 148 Å². The lowest BCUT2D eigenvalue weighted by atomic mass is 10.1. The Bertz CT molecular complexity index is 837. The zero-order valence-corrected chi connectivity index (χ0v) is 13.7. The van der Waals surface area contributed by atoms with E-state index in [1.165, 1.54) is 6.08 Å². The van der Waals surface area contributed by atoms with Gasteiger partial charge < -0.3 is 15.2 Å². The van der Waals surface area contributed by atoms with E-state index in [0.29, 0.717) is 22.0 Å². The predicted molar refractivity (Wildman–Crippen MR) is 93.2 cm³/mol. The van der Waals surface area contributed by atoms with Crippen LogP contribution in [0, 0.1) is 11.3 Å². The molecule has 0 bridgehead atoms. The van der Waals surface area contributed by atoms with Crippen LogP contribution in [0.1, 0.15) is 5.56 Å².